The van der Waals surface area contributed by atoms with E-state index in [1.54, 1.807) is 10.7 Å². The summed E-state index contributed by atoms with van der Waals surface area (Å²) in [6.45, 7) is 1.24. The number of nitrogens with two attached hydrogens (primary N) is 1. The standard InChI is InChI=1S/C10H11ClFN3/c11-10-8-3-2-7(12)6-9(8)14-15(10)5-1-4-13/h2-3,6H,1,4-5,13H2. The normalized spacial score (nSPS) is 11.1. The molecule has 80 valence electrons. The lowest BCUT2D eigenvalue weighted by Crippen LogP contribution is -2.06. The first-order valence-corrected chi connectivity index (χ1v) is 5.12. The van der Waals surface area contributed by atoms with Gasteiger partial charge in [0.05, 0.1) is 5.52 Å². The van der Waals surface area contributed by atoms with Gasteiger partial charge in [0, 0.05) is 18.0 Å². The summed E-state index contributed by atoms with van der Waals surface area (Å²) in [5.74, 6) is -0.303. The van der Waals surface area contributed by atoms with E-state index in [4.69, 9.17) is 17.3 Å². The van der Waals surface area contributed by atoms with Crippen LogP contribution in [0.25, 0.3) is 10.9 Å². The monoisotopic (exact) mass is 227 g/mol. The Labute approximate surface area is 91.6 Å². The van der Waals surface area contributed by atoms with E-state index >= 15 is 0 Å². The fourth-order valence-electron chi connectivity index (χ4n) is 1.46. The molecule has 0 atom stereocenters. The summed E-state index contributed by atoms with van der Waals surface area (Å²) < 4.78 is 14.6. The minimum atomic E-state index is -0.303. The van der Waals surface area contributed by atoms with Crippen molar-refractivity contribution < 1.29 is 4.39 Å². The quantitative estimate of drug-likeness (QED) is 0.874. The van der Waals surface area contributed by atoms with E-state index in [1.165, 1.54) is 12.1 Å². The van der Waals surface area contributed by atoms with Crippen molar-refractivity contribution in [1.29, 1.82) is 0 Å². The lowest BCUT2D eigenvalue weighted by Gasteiger charge is -1.99. The second kappa shape index (κ2) is 4.16. The second-order valence-electron chi connectivity index (χ2n) is 3.32. The molecule has 0 aliphatic carbocycles. The molecule has 0 aliphatic rings. The van der Waals surface area contributed by atoms with Gasteiger partial charge in [0.15, 0.2) is 0 Å². The minimum Gasteiger partial charge on any atom is -0.330 e. The number of rotatable bonds is 3. The fourth-order valence-corrected chi connectivity index (χ4v) is 1.75. The van der Waals surface area contributed by atoms with Crippen LogP contribution in [0.5, 0.6) is 0 Å². The van der Waals surface area contributed by atoms with Gasteiger partial charge >= 0.3 is 0 Å². The van der Waals surface area contributed by atoms with Gasteiger partial charge in [-0.25, -0.2) is 4.39 Å². The first-order valence-electron chi connectivity index (χ1n) is 4.74. The predicted octanol–water partition coefficient (Wildman–Crippen LogP) is 2.18. The van der Waals surface area contributed by atoms with Gasteiger partial charge in [-0.3, -0.25) is 4.68 Å². The summed E-state index contributed by atoms with van der Waals surface area (Å²) in [5, 5.41) is 5.51. The highest BCUT2D eigenvalue weighted by atomic mass is 35.5. The summed E-state index contributed by atoms with van der Waals surface area (Å²) in [6, 6.07) is 4.39. The van der Waals surface area contributed by atoms with Gasteiger partial charge in [0.1, 0.15) is 11.0 Å². The van der Waals surface area contributed by atoms with Crippen LogP contribution in [0.4, 0.5) is 4.39 Å². The molecule has 2 aromatic rings. The summed E-state index contributed by atoms with van der Waals surface area (Å²) >= 11 is 6.08. The highest BCUT2D eigenvalue weighted by Gasteiger charge is 2.08. The Kier molecular flexibility index (Phi) is 2.88. The van der Waals surface area contributed by atoms with Crippen LogP contribution in [0, 0.1) is 5.82 Å². The van der Waals surface area contributed by atoms with Gasteiger partial charge in [-0.1, -0.05) is 11.6 Å². The highest BCUT2D eigenvalue weighted by Crippen LogP contribution is 2.23. The second-order valence-corrected chi connectivity index (χ2v) is 3.68. The molecule has 2 rings (SSSR count). The number of benzene rings is 1. The molecule has 0 unspecified atom stereocenters. The van der Waals surface area contributed by atoms with Crippen LogP contribution < -0.4 is 5.73 Å². The van der Waals surface area contributed by atoms with Crippen molar-refractivity contribution in [3.05, 3.63) is 29.2 Å². The molecular formula is C10H11ClFN3. The van der Waals surface area contributed by atoms with Crippen molar-refractivity contribution in [2.45, 2.75) is 13.0 Å². The highest BCUT2D eigenvalue weighted by molar-refractivity contribution is 6.34. The molecule has 15 heavy (non-hydrogen) atoms. The van der Waals surface area contributed by atoms with Gasteiger partial charge in [-0.15, -0.1) is 0 Å². The van der Waals surface area contributed by atoms with Gasteiger partial charge in [-0.05, 0) is 25.1 Å². The van der Waals surface area contributed by atoms with Gasteiger partial charge in [-0.2, -0.15) is 5.10 Å². The van der Waals surface area contributed by atoms with E-state index in [0.29, 0.717) is 23.8 Å². The molecule has 0 fully saturated rings. The molecule has 0 aliphatic heterocycles. The maximum atomic E-state index is 12.9. The summed E-state index contributed by atoms with van der Waals surface area (Å²) in [7, 11) is 0. The molecule has 0 saturated heterocycles. The van der Waals surface area contributed by atoms with Crippen molar-refractivity contribution in [3.63, 3.8) is 0 Å². The number of aryl methyl sites for hydroxylation is 1. The molecular weight excluding hydrogens is 217 g/mol. The molecule has 0 radical (unpaired) electrons. The third-order valence-corrected chi connectivity index (χ3v) is 2.61. The lowest BCUT2D eigenvalue weighted by molar-refractivity contribution is 0.590. The van der Waals surface area contributed by atoms with E-state index in [1.807, 2.05) is 0 Å². The van der Waals surface area contributed by atoms with E-state index in [2.05, 4.69) is 5.10 Å². The summed E-state index contributed by atoms with van der Waals surface area (Å²) in [6.07, 6.45) is 0.802. The third kappa shape index (κ3) is 1.96. The van der Waals surface area contributed by atoms with E-state index < -0.39 is 0 Å². The number of nitrogens with zero attached hydrogens (tertiary/aromatic N) is 2. The Morgan fingerprint density at radius 3 is 3.00 bits per heavy atom. The topological polar surface area (TPSA) is 43.8 Å². The number of hydrogen-bond donors (Lipinski definition) is 1. The minimum absolute atomic E-state index is 0.303. The molecule has 0 saturated carbocycles. The summed E-state index contributed by atoms with van der Waals surface area (Å²) in [4.78, 5) is 0. The Morgan fingerprint density at radius 2 is 2.27 bits per heavy atom. The molecule has 2 N–H and O–H groups in total. The Bertz CT molecular complexity index is 481. The zero-order valence-electron chi connectivity index (χ0n) is 8.08. The Hall–Kier alpha value is -1.13. The van der Waals surface area contributed by atoms with Gasteiger partial charge < -0.3 is 5.73 Å². The first kappa shape index (κ1) is 10.4. The smallest absolute Gasteiger partial charge is 0.134 e. The number of hydrogen-bond acceptors (Lipinski definition) is 2. The first-order chi connectivity index (χ1) is 7.22. The molecule has 1 aromatic heterocycles. The average Bonchev–Trinajstić information content (AvgIpc) is 2.52. The average molecular weight is 228 g/mol. The number of halogens is 2. The van der Waals surface area contributed by atoms with E-state index in [-0.39, 0.29) is 5.82 Å². The maximum Gasteiger partial charge on any atom is 0.134 e. The fraction of sp³-hybridized carbons (Fsp3) is 0.300. The molecule has 0 amide bonds. The zero-order valence-corrected chi connectivity index (χ0v) is 8.84. The van der Waals surface area contributed by atoms with Crippen LogP contribution in [0.1, 0.15) is 6.42 Å². The number of fused-ring (bicyclic) bond motifs is 1. The third-order valence-electron chi connectivity index (χ3n) is 2.21. The molecule has 3 nitrogen and oxygen atoms in total. The van der Waals surface area contributed by atoms with Crippen molar-refractivity contribution in [2.24, 2.45) is 5.73 Å². The SMILES string of the molecule is NCCCn1nc2cc(F)ccc2c1Cl. The van der Waals surface area contributed by atoms with Crippen LogP contribution in [0.2, 0.25) is 5.15 Å². The largest absolute Gasteiger partial charge is 0.330 e. The van der Waals surface area contributed by atoms with Crippen molar-refractivity contribution in [2.75, 3.05) is 6.54 Å². The molecule has 1 aromatic carbocycles. The van der Waals surface area contributed by atoms with Gasteiger partial charge in [0.2, 0.25) is 0 Å². The van der Waals surface area contributed by atoms with Crippen LogP contribution in [0.3, 0.4) is 0 Å². The number of aromatic nitrogens is 2. The van der Waals surface area contributed by atoms with E-state index in [9.17, 15) is 4.39 Å². The Morgan fingerprint density at radius 1 is 1.47 bits per heavy atom. The lowest BCUT2D eigenvalue weighted by atomic mass is 10.2. The van der Waals surface area contributed by atoms with Crippen molar-refractivity contribution >= 4 is 22.5 Å². The van der Waals surface area contributed by atoms with Gasteiger partial charge in [0.25, 0.3) is 0 Å². The van der Waals surface area contributed by atoms with Crippen LogP contribution in [-0.4, -0.2) is 16.3 Å². The molecule has 0 bridgehead atoms. The summed E-state index contributed by atoms with van der Waals surface area (Å²) in [5.41, 5.74) is 5.98. The van der Waals surface area contributed by atoms with E-state index in [0.717, 1.165) is 11.8 Å². The van der Waals surface area contributed by atoms with Crippen LogP contribution in [-0.2, 0) is 6.54 Å². The zero-order chi connectivity index (χ0) is 10.8. The van der Waals surface area contributed by atoms with Crippen molar-refractivity contribution in [1.82, 2.24) is 9.78 Å². The van der Waals surface area contributed by atoms with Crippen LogP contribution >= 0.6 is 11.6 Å². The van der Waals surface area contributed by atoms with Crippen LogP contribution in [0.15, 0.2) is 18.2 Å². The predicted molar refractivity (Wildman–Crippen MR) is 58.4 cm³/mol. The Balaban J connectivity index is 2.44. The maximum absolute atomic E-state index is 12.9. The molecule has 5 heteroatoms. The van der Waals surface area contributed by atoms with Crippen molar-refractivity contribution in [3.8, 4) is 0 Å². The molecule has 0 spiro atoms. The molecule has 1 heterocycles.